The van der Waals surface area contributed by atoms with Crippen LogP contribution in [-0.4, -0.2) is 24.7 Å². The summed E-state index contributed by atoms with van der Waals surface area (Å²) in [6, 6.07) is 0. The Morgan fingerprint density at radius 1 is 1.33 bits per heavy atom. The molecule has 3 nitrogen and oxygen atoms in total. The molecule has 1 saturated heterocycles. The number of carbonyl (C=O) groups excluding carboxylic acids is 1. The van der Waals surface area contributed by atoms with Gasteiger partial charge in [-0.2, -0.15) is 0 Å². The number of allylic oxidation sites excluding steroid dienone is 1. The number of esters is 1. The highest BCUT2D eigenvalue weighted by Crippen LogP contribution is 2.29. The highest BCUT2D eigenvalue weighted by atomic mass is 16.6. The molecule has 1 heterocycles. The Kier molecular flexibility index (Phi) is 5.86. The van der Waals surface area contributed by atoms with Gasteiger partial charge in [0.1, 0.15) is 5.60 Å². The van der Waals surface area contributed by atoms with E-state index in [1.807, 2.05) is 20.8 Å². The molecule has 1 fully saturated rings. The Morgan fingerprint density at radius 3 is 2.50 bits per heavy atom. The Bertz CT molecular complexity index is 291. The zero-order chi connectivity index (χ0) is 13.6. The van der Waals surface area contributed by atoms with E-state index in [1.165, 1.54) is 0 Å². The first kappa shape index (κ1) is 15.2. The van der Waals surface area contributed by atoms with E-state index in [4.69, 9.17) is 4.74 Å². The number of carbonyl (C=O) groups is 1. The molecule has 3 heteroatoms. The van der Waals surface area contributed by atoms with Gasteiger partial charge in [-0.3, -0.25) is 4.79 Å². The largest absolute Gasteiger partial charge is 0.459 e. The van der Waals surface area contributed by atoms with Crippen LogP contribution in [0.4, 0.5) is 0 Å². The lowest BCUT2D eigenvalue weighted by molar-refractivity contribution is -0.162. The van der Waals surface area contributed by atoms with Crippen molar-refractivity contribution in [1.29, 1.82) is 0 Å². The molecule has 0 amide bonds. The predicted molar refractivity (Wildman–Crippen MR) is 74.4 cm³/mol. The van der Waals surface area contributed by atoms with Crippen molar-refractivity contribution in [3.8, 4) is 0 Å². The maximum atomic E-state index is 11.8. The molecule has 0 spiro atoms. The van der Waals surface area contributed by atoms with Gasteiger partial charge in [0.05, 0.1) is 0 Å². The third-order valence-electron chi connectivity index (χ3n) is 3.68. The molecule has 0 atom stereocenters. The second-order valence-electron chi connectivity index (χ2n) is 5.91. The van der Waals surface area contributed by atoms with Crippen LogP contribution in [0.1, 0.15) is 52.9 Å². The van der Waals surface area contributed by atoms with Crippen molar-refractivity contribution in [1.82, 2.24) is 5.32 Å². The van der Waals surface area contributed by atoms with Gasteiger partial charge in [-0.05, 0) is 59.5 Å². The Hall–Kier alpha value is -0.830. The fourth-order valence-electron chi connectivity index (χ4n) is 2.48. The Balaban J connectivity index is 2.34. The summed E-state index contributed by atoms with van der Waals surface area (Å²) in [5.41, 5.74) is 0.794. The maximum absolute atomic E-state index is 11.8. The molecule has 1 N–H and O–H groups in total. The number of piperidine rings is 1. The van der Waals surface area contributed by atoms with Gasteiger partial charge in [0, 0.05) is 12.3 Å². The predicted octanol–water partition coefficient (Wildman–Crippen LogP) is 3.05. The van der Waals surface area contributed by atoms with Crippen molar-refractivity contribution in [3.05, 3.63) is 12.2 Å². The van der Waals surface area contributed by atoms with E-state index in [-0.39, 0.29) is 11.6 Å². The van der Waals surface area contributed by atoms with E-state index in [2.05, 4.69) is 11.9 Å². The fraction of sp³-hybridized carbons (Fsp3) is 0.800. The van der Waals surface area contributed by atoms with Crippen molar-refractivity contribution in [2.24, 2.45) is 5.92 Å². The lowest BCUT2D eigenvalue weighted by atomic mass is 9.83. The van der Waals surface area contributed by atoms with Crippen molar-refractivity contribution < 1.29 is 9.53 Å². The molecule has 0 saturated carbocycles. The van der Waals surface area contributed by atoms with E-state index in [0.29, 0.717) is 12.3 Å². The summed E-state index contributed by atoms with van der Waals surface area (Å²) in [6.45, 7) is 12.0. The summed E-state index contributed by atoms with van der Waals surface area (Å²) in [4.78, 5) is 11.8. The standard InChI is InChI=1S/C15H27NO2/c1-12(2)6-5-7-14(17)18-15(3,4)13-8-10-16-11-9-13/h13,16H,1,5-11H2,2-4H3. The molecule has 0 bridgehead atoms. The molecule has 0 aromatic rings. The zero-order valence-corrected chi connectivity index (χ0v) is 12.1. The molecular weight excluding hydrogens is 226 g/mol. The highest BCUT2D eigenvalue weighted by molar-refractivity contribution is 5.69. The summed E-state index contributed by atoms with van der Waals surface area (Å²) in [5, 5.41) is 3.34. The van der Waals surface area contributed by atoms with Crippen LogP contribution in [-0.2, 0) is 9.53 Å². The van der Waals surface area contributed by atoms with Crippen LogP contribution < -0.4 is 5.32 Å². The second kappa shape index (κ2) is 6.93. The van der Waals surface area contributed by atoms with Gasteiger partial charge in [-0.15, -0.1) is 6.58 Å². The zero-order valence-electron chi connectivity index (χ0n) is 12.1. The van der Waals surface area contributed by atoms with Crippen molar-refractivity contribution >= 4 is 5.97 Å². The van der Waals surface area contributed by atoms with E-state index >= 15 is 0 Å². The normalized spacial score (nSPS) is 17.5. The van der Waals surface area contributed by atoms with Gasteiger partial charge in [-0.1, -0.05) is 5.57 Å². The smallest absolute Gasteiger partial charge is 0.306 e. The van der Waals surface area contributed by atoms with E-state index in [9.17, 15) is 4.79 Å². The molecular formula is C15H27NO2. The first-order valence-electron chi connectivity index (χ1n) is 6.99. The molecule has 0 aromatic heterocycles. The van der Waals surface area contributed by atoms with E-state index in [0.717, 1.165) is 44.3 Å². The van der Waals surface area contributed by atoms with Gasteiger partial charge in [-0.25, -0.2) is 0 Å². The Labute approximate surface area is 111 Å². The molecule has 0 unspecified atom stereocenters. The van der Waals surface area contributed by atoms with Crippen LogP contribution >= 0.6 is 0 Å². The average molecular weight is 253 g/mol. The lowest BCUT2D eigenvalue weighted by Crippen LogP contribution is -2.42. The van der Waals surface area contributed by atoms with Gasteiger partial charge < -0.3 is 10.1 Å². The summed E-state index contributed by atoms with van der Waals surface area (Å²) < 4.78 is 5.66. The van der Waals surface area contributed by atoms with E-state index < -0.39 is 0 Å². The van der Waals surface area contributed by atoms with Gasteiger partial charge in [0.2, 0.25) is 0 Å². The molecule has 18 heavy (non-hydrogen) atoms. The summed E-state index contributed by atoms with van der Waals surface area (Å²) in [5.74, 6) is 0.406. The monoisotopic (exact) mass is 253 g/mol. The lowest BCUT2D eigenvalue weighted by Gasteiger charge is -2.36. The van der Waals surface area contributed by atoms with Crippen LogP contribution in [0.3, 0.4) is 0 Å². The van der Waals surface area contributed by atoms with E-state index in [1.54, 1.807) is 0 Å². The maximum Gasteiger partial charge on any atom is 0.306 e. The average Bonchev–Trinajstić information content (AvgIpc) is 2.29. The van der Waals surface area contributed by atoms with Gasteiger partial charge in [0.15, 0.2) is 0 Å². The highest BCUT2D eigenvalue weighted by Gasteiger charge is 2.33. The third-order valence-corrected chi connectivity index (χ3v) is 3.68. The summed E-state index contributed by atoms with van der Waals surface area (Å²) in [6.07, 6.45) is 4.43. The SMILES string of the molecule is C=C(C)CCCC(=O)OC(C)(C)C1CCNCC1. The van der Waals surface area contributed by atoms with Crippen LogP contribution in [0.15, 0.2) is 12.2 Å². The molecule has 0 aromatic carbocycles. The van der Waals surface area contributed by atoms with Crippen LogP contribution in [0.25, 0.3) is 0 Å². The number of rotatable bonds is 6. The fourth-order valence-corrected chi connectivity index (χ4v) is 2.48. The van der Waals surface area contributed by atoms with Crippen molar-refractivity contribution in [3.63, 3.8) is 0 Å². The third kappa shape index (κ3) is 5.21. The number of nitrogens with one attached hydrogen (secondary N) is 1. The van der Waals surface area contributed by atoms with Crippen LogP contribution in [0, 0.1) is 5.92 Å². The summed E-state index contributed by atoms with van der Waals surface area (Å²) >= 11 is 0. The topological polar surface area (TPSA) is 38.3 Å². The first-order valence-corrected chi connectivity index (χ1v) is 6.99. The molecule has 0 aliphatic carbocycles. The minimum Gasteiger partial charge on any atom is -0.459 e. The van der Waals surface area contributed by atoms with Gasteiger partial charge in [0.25, 0.3) is 0 Å². The van der Waals surface area contributed by atoms with Crippen molar-refractivity contribution in [2.45, 2.75) is 58.5 Å². The van der Waals surface area contributed by atoms with Crippen LogP contribution in [0.5, 0.6) is 0 Å². The molecule has 0 radical (unpaired) electrons. The number of ether oxygens (including phenoxy) is 1. The summed E-state index contributed by atoms with van der Waals surface area (Å²) in [7, 11) is 0. The molecule has 1 rings (SSSR count). The number of hydrogen-bond acceptors (Lipinski definition) is 3. The van der Waals surface area contributed by atoms with Crippen molar-refractivity contribution in [2.75, 3.05) is 13.1 Å². The first-order chi connectivity index (χ1) is 8.42. The minimum absolute atomic E-state index is 0.0696. The molecule has 1 aliphatic heterocycles. The number of hydrogen-bond donors (Lipinski definition) is 1. The van der Waals surface area contributed by atoms with Crippen LogP contribution in [0.2, 0.25) is 0 Å². The molecule has 104 valence electrons. The quantitative estimate of drug-likeness (QED) is 0.584. The van der Waals surface area contributed by atoms with Gasteiger partial charge >= 0.3 is 5.97 Å². The second-order valence-corrected chi connectivity index (χ2v) is 5.91. The Morgan fingerprint density at radius 2 is 1.94 bits per heavy atom. The minimum atomic E-state index is -0.331. The molecule has 1 aliphatic rings.